The molecule has 116 valence electrons. The smallest absolute Gasteiger partial charge is 0.241 e. The van der Waals surface area contributed by atoms with Gasteiger partial charge >= 0.3 is 0 Å². The van der Waals surface area contributed by atoms with E-state index >= 15 is 0 Å². The lowest BCUT2D eigenvalue weighted by Crippen LogP contribution is -2.55. The number of anilines is 2. The Kier molecular flexibility index (Phi) is 5.41. The van der Waals surface area contributed by atoms with Gasteiger partial charge in [-0.1, -0.05) is 11.6 Å². The summed E-state index contributed by atoms with van der Waals surface area (Å²) in [6.45, 7) is 3.34. The van der Waals surface area contributed by atoms with Crippen molar-refractivity contribution >= 4 is 28.9 Å². The van der Waals surface area contributed by atoms with Crippen LogP contribution in [-0.2, 0) is 9.53 Å². The van der Waals surface area contributed by atoms with Crippen LogP contribution in [0, 0.1) is 0 Å². The molecule has 0 aromatic heterocycles. The average molecular weight is 314 g/mol. The molecule has 6 nitrogen and oxygen atoms in total. The fourth-order valence-corrected chi connectivity index (χ4v) is 2.59. The molecule has 1 aromatic rings. The Morgan fingerprint density at radius 2 is 2.43 bits per heavy atom. The average Bonchev–Trinajstić information content (AvgIpc) is 2.49. The molecule has 2 rings (SSSR count). The van der Waals surface area contributed by atoms with E-state index in [4.69, 9.17) is 22.1 Å². The Morgan fingerprint density at radius 1 is 1.67 bits per heavy atom. The molecular weight excluding hydrogens is 294 g/mol. The Hall–Kier alpha value is -1.34. The second kappa shape index (κ2) is 7.09. The minimum Gasteiger partial charge on any atom is -0.399 e. The van der Waals surface area contributed by atoms with E-state index in [9.17, 15) is 9.90 Å². The molecule has 1 fully saturated rings. The molecule has 2 atom stereocenters. The van der Waals surface area contributed by atoms with Crippen molar-refractivity contribution < 1.29 is 14.6 Å². The maximum absolute atomic E-state index is 12.3. The molecule has 1 heterocycles. The third-order valence-corrected chi connectivity index (χ3v) is 3.92. The summed E-state index contributed by atoms with van der Waals surface area (Å²) in [7, 11) is 0. The third-order valence-electron chi connectivity index (χ3n) is 3.61. The van der Waals surface area contributed by atoms with Gasteiger partial charge in [-0.2, -0.15) is 0 Å². The first-order valence-electron chi connectivity index (χ1n) is 6.83. The van der Waals surface area contributed by atoms with Crippen LogP contribution in [0.3, 0.4) is 0 Å². The van der Waals surface area contributed by atoms with Crippen LogP contribution in [0.25, 0.3) is 0 Å². The maximum Gasteiger partial charge on any atom is 0.241 e. The predicted molar refractivity (Wildman–Crippen MR) is 82.4 cm³/mol. The number of benzene rings is 1. The fourth-order valence-electron chi connectivity index (χ4n) is 2.36. The quantitative estimate of drug-likeness (QED) is 0.720. The summed E-state index contributed by atoms with van der Waals surface area (Å²) < 4.78 is 5.32. The molecule has 0 aliphatic carbocycles. The van der Waals surface area contributed by atoms with Crippen molar-refractivity contribution in [3.63, 3.8) is 0 Å². The number of morpholine rings is 1. The second-order valence-electron chi connectivity index (χ2n) is 5.05. The van der Waals surface area contributed by atoms with Crippen LogP contribution in [0.4, 0.5) is 11.4 Å². The van der Waals surface area contributed by atoms with Crippen molar-refractivity contribution in [3.05, 3.63) is 23.2 Å². The van der Waals surface area contributed by atoms with Crippen molar-refractivity contribution in [2.45, 2.75) is 19.0 Å². The number of hydrogen-bond donors (Lipinski definition) is 3. The van der Waals surface area contributed by atoms with Gasteiger partial charge in [0, 0.05) is 12.2 Å². The van der Waals surface area contributed by atoms with Crippen LogP contribution in [0.15, 0.2) is 18.2 Å². The number of aliphatic hydroxyl groups excluding tert-OH is 1. The number of halogens is 1. The lowest BCUT2D eigenvalue weighted by atomic mass is 10.1. The molecule has 1 aliphatic heterocycles. The van der Waals surface area contributed by atoms with E-state index in [-0.39, 0.29) is 24.6 Å². The first-order valence-corrected chi connectivity index (χ1v) is 7.21. The van der Waals surface area contributed by atoms with E-state index in [1.54, 1.807) is 25.1 Å². The minimum absolute atomic E-state index is 0.0414. The van der Waals surface area contributed by atoms with Crippen LogP contribution in [0.5, 0.6) is 0 Å². The standard InChI is InChI=1S/C14H20ClN3O3/c1-9(18-4-5-21-8-11(18)7-19)14(20)17-13-3-2-10(16)6-12(13)15/h2-3,6,9,11,19H,4-5,7-8,16H2,1H3,(H,17,20). The highest BCUT2D eigenvalue weighted by Crippen LogP contribution is 2.24. The normalized spacial score (nSPS) is 21.0. The topological polar surface area (TPSA) is 87.8 Å². The number of hydrogen-bond acceptors (Lipinski definition) is 5. The molecule has 2 unspecified atom stereocenters. The van der Waals surface area contributed by atoms with Gasteiger partial charge in [0.1, 0.15) is 0 Å². The van der Waals surface area contributed by atoms with E-state index in [0.717, 1.165) is 0 Å². The number of carbonyl (C=O) groups is 1. The zero-order chi connectivity index (χ0) is 15.4. The van der Waals surface area contributed by atoms with Gasteiger partial charge in [-0.05, 0) is 25.1 Å². The Balaban J connectivity index is 2.04. The van der Waals surface area contributed by atoms with Gasteiger partial charge in [0.2, 0.25) is 5.91 Å². The summed E-state index contributed by atoms with van der Waals surface area (Å²) in [6, 6.07) is 4.39. The zero-order valence-corrected chi connectivity index (χ0v) is 12.6. The Labute approximate surface area is 128 Å². The predicted octanol–water partition coefficient (Wildman–Crippen LogP) is 0.942. The van der Waals surface area contributed by atoms with Gasteiger partial charge in [0.15, 0.2) is 0 Å². The number of rotatable bonds is 4. The molecule has 0 bridgehead atoms. The van der Waals surface area contributed by atoms with Crippen molar-refractivity contribution in [1.29, 1.82) is 0 Å². The van der Waals surface area contributed by atoms with Crippen LogP contribution in [0.2, 0.25) is 5.02 Å². The van der Waals surface area contributed by atoms with Crippen LogP contribution >= 0.6 is 11.6 Å². The molecule has 0 spiro atoms. The van der Waals surface area contributed by atoms with Gasteiger partial charge in [0.05, 0.1) is 42.6 Å². The third kappa shape index (κ3) is 3.85. The number of amides is 1. The van der Waals surface area contributed by atoms with E-state index in [1.165, 1.54) is 0 Å². The summed E-state index contributed by atoms with van der Waals surface area (Å²) in [5.74, 6) is -0.179. The molecule has 0 saturated carbocycles. The Morgan fingerprint density at radius 3 is 3.10 bits per heavy atom. The number of ether oxygens (including phenoxy) is 1. The molecule has 7 heteroatoms. The molecule has 1 aliphatic rings. The largest absolute Gasteiger partial charge is 0.399 e. The number of carbonyl (C=O) groups excluding carboxylic acids is 1. The van der Waals surface area contributed by atoms with E-state index < -0.39 is 0 Å². The maximum atomic E-state index is 12.3. The second-order valence-corrected chi connectivity index (χ2v) is 5.46. The van der Waals surface area contributed by atoms with Gasteiger partial charge in [0.25, 0.3) is 0 Å². The summed E-state index contributed by atoms with van der Waals surface area (Å²) in [5, 5.41) is 12.6. The van der Waals surface area contributed by atoms with Crippen LogP contribution in [0.1, 0.15) is 6.92 Å². The van der Waals surface area contributed by atoms with Gasteiger partial charge < -0.3 is 20.9 Å². The molecule has 1 aromatic carbocycles. The highest BCUT2D eigenvalue weighted by atomic mass is 35.5. The number of nitrogen functional groups attached to an aromatic ring is 1. The fraction of sp³-hybridized carbons (Fsp3) is 0.500. The molecule has 1 amide bonds. The first kappa shape index (κ1) is 16.0. The van der Waals surface area contributed by atoms with Crippen molar-refractivity contribution in [2.75, 3.05) is 37.4 Å². The molecular formula is C14H20ClN3O3. The number of nitrogens with zero attached hydrogens (tertiary/aromatic N) is 1. The summed E-state index contributed by atoms with van der Waals surface area (Å²) in [6.07, 6.45) is 0. The highest BCUT2D eigenvalue weighted by Gasteiger charge is 2.30. The van der Waals surface area contributed by atoms with Crippen molar-refractivity contribution in [2.24, 2.45) is 0 Å². The number of nitrogens with two attached hydrogens (primary N) is 1. The zero-order valence-electron chi connectivity index (χ0n) is 11.9. The van der Waals surface area contributed by atoms with E-state index in [1.807, 2.05) is 4.90 Å². The molecule has 0 radical (unpaired) electrons. The SMILES string of the molecule is CC(C(=O)Nc1ccc(N)cc1Cl)N1CCOCC1CO. The lowest BCUT2D eigenvalue weighted by Gasteiger charge is -2.37. The van der Waals surface area contributed by atoms with E-state index in [0.29, 0.717) is 36.2 Å². The van der Waals surface area contributed by atoms with Crippen LogP contribution in [-0.4, -0.2) is 54.4 Å². The van der Waals surface area contributed by atoms with Gasteiger partial charge in [-0.25, -0.2) is 0 Å². The first-order chi connectivity index (χ1) is 10.0. The Bertz CT molecular complexity index is 512. The van der Waals surface area contributed by atoms with Crippen LogP contribution < -0.4 is 11.1 Å². The summed E-state index contributed by atoms with van der Waals surface area (Å²) in [5.41, 5.74) is 6.69. The van der Waals surface area contributed by atoms with Crippen molar-refractivity contribution in [1.82, 2.24) is 4.90 Å². The molecule has 1 saturated heterocycles. The van der Waals surface area contributed by atoms with E-state index in [2.05, 4.69) is 5.32 Å². The lowest BCUT2D eigenvalue weighted by molar-refractivity contribution is -0.125. The number of nitrogens with one attached hydrogen (secondary N) is 1. The molecule has 21 heavy (non-hydrogen) atoms. The van der Waals surface area contributed by atoms with Gasteiger partial charge in [-0.15, -0.1) is 0 Å². The monoisotopic (exact) mass is 313 g/mol. The number of aliphatic hydroxyl groups is 1. The molecule has 4 N–H and O–H groups in total. The minimum atomic E-state index is -0.389. The van der Waals surface area contributed by atoms with Crippen molar-refractivity contribution in [3.8, 4) is 0 Å². The summed E-state index contributed by atoms with van der Waals surface area (Å²) in [4.78, 5) is 14.3. The summed E-state index contributed by atoms with van der Waals surface area (Å²) >= 11 is 6.05. The van der Waals surface area contributed by atoms with Gasteiger partial charge in [-0.3, -0.25) is 9.69 Å². The highest BCUT2D eigenvalue weighted by molar-refractivity contribution is 6.34.